The molecular formula is C21H24N4O5. The van der Waals surface area contributed by atoms with Crippen LogP contribution in [0.3, 0.4) is 0 Å². The van der Waals surface area contributed by atoms with Crippen molar-refractivity contribution in [1.29, 1.82) is 0 Å². The van der Waals surface area contributed by atoms with Crippen molar-refractivity contribution >= 4 is 11.7 Å². The molecule has 0 saturated carbocycles. The number of aliphatic hydroxyl groups excluding tert-OH is 1. The van der Waals surface area contributed by atoms with Gasteiger partial charge in [-0.25, -0.2) is 9.97 Å². The molecule has 0 spiro atoms. The molecule has 1 aliphatic heterocycles. The fourth-order valence-corrected chi connectivity index (χ4v) is 3.94. The van der Waals surface area contributed by atoms with Gasteiger partial charge in [0.25, 0.3) is 5.91 Å². The number of aryl methyl sites for hydroxylation is 1. The van der Waals surface area contributed by atoms with E-state index in [0.29, 0.717) is 41.8 Å². The molecule has 30 heavy (non-hydrogen) atoms. The third-order valence-electron chi connectivity index (χ3n) is 5.32. The Bertz CT molecular complexity index is 1070. The number of hydrogen-bond acceptors (Lipinski definition) is 7. The molecule has 0 bridgehead atoms. The number of rotatable bonds is 5. The maximum absolute atomic E-state index is 13.7. The van der Waals surface area contributed by atoms with Gasteiger partial charge in [0.15, 0.2) is 11.5 Å². The molecule has 2 aromatic heterocycles. The number of ether oxygens (including phenoxy) is 3. The Hall–Kier alpha value is -3.17. The van der Waals surface area contributed by atoms with Crippen molar-refractivity contribution in [1.82, 2.24) is 19.3 Å². The van der Waals surface area contributed by atoms with E-state index in [4.69, 9.17) is 14.2 Å². The number of carbonyl (C=O) groups excluding carboxylic acids is 1. The molecule has 0 radical (unpaired) electrons. The van der Waals surface area contributed by atoms with Gasteiger partial charge < -0.3 is 24.2 Å². The van der Waals surface area contributed by atoms with Gasteiger partial charge in [0.2, 0.25) is 5.78 Å². The predicted octanol–water partition coefficient (Wildman–Crippen LogP) is 1.63. The monoisotopic (exact) mass is 412 g/mol. The SMILES string of the molecule is COc1ccc([C@@H]2[C@@H](CO)OCCN2C(=O)c2c(C)nc3ncccn23)cc1OC. The van der Waals surface area contributed by atoms with Gasteiger partial charge in [0, 0.05) is 18.9 Å². The summed E-state index contributed by atoms with van der Waals surface area (Å²) in [7, 11) is 3.12. The molecule has 1 aromatic carbocycles. The van der Waals surface area contributed by atoms with Gasteiger partial charge in [0.1, 0.15) is 11.8 Å². The van der Waals surface area contributed by atoms with Gasteiger partial charge >= 0.3 is 0 Å². The van der Waals surface area contributed by atoms with Gasteiger partial charge in [-0.15, -0.1) is 0 Å². The number of methoxy groups -OCH3 is 2. The van der Waals surface area contributed by atoms with Crippen LogP contribution in [0, 0.1) is 6.92 Å². The van der Waals surface area contributed by atoms with E-state index < -0.39 is 12.1 Å². The summed E-state index contributed by atoms with van der Waals surface area (Å²) in [6.07, 6.45) is 2.84. The summed E-state index contributed by atoms with van der Waals surface area (Å²) < 4.78 is 18.2. The van der Waals surface area contributed by atoms with Crippen LogP contribution in [0.2, 0.25) is 0 Å². The number of aromatic nitrogens is 3. The lowest BCUT2D eigenvalue weighted by Crippen LogP contribution is -2.49. The molecule has 1 saturated heterocycles. The van der Waals surface area contributed by atoms with Crippen LogP contribution in [0.1, 0.15) is 27.8 Å². The first-order valence-electron chi connectivity index (χ1n) is 9.64. The number of amides is 1. The van der Waals surface area contributed by atoms with Crippen LogP contribution >= 0.6 is 0 Å². The fourth-order valence-electron chi connectivity index (χ4n) is 3.94. The summed E-state index contributed by atoms with van der Waals surface area (Å²) in [6.45, 7) is 2.27. The maximum atomic E-state index is 13.7. The molecule has 3 heterocycles. The van der Waals surface area contributed by atoms with Gasteiger partial charge in [-0.05, 0) is 30.7 Å². The topological polar surface area (TPSA) is 98.4 Å². The zero-order valence-corrected chi connectivity index (χ0v) is 17.1. The van der Waals surface area contributed by atoms with Gasteiger partial charge in [0.05, 0.1) is 39.2 Å². The average Bonchev–Trinajstić information content (AvgIpc) is 3.13. The van der Waals surface area contributed by atoms with E-state index in [1.165, 1.54) is 0 Å². The third-order valence-corrected chi connectivity index (χ3v) is 5.32. The van der Waals surface area contributed by atoms with Crippen molar-refractivity contribution in [3.63, 3.8) is 0 Å². The zero-order chi connectivity index (χ0) is 21.3. The highest BCUT2D eigenvalue weighted by atomic mass is 16.5. The standard InChI is InChI=1S/C21H24N4O5/c1-13-18(25-8-4-7-22-21(25)23-13)20(27)24-9-10-30-17(12-26)19(24)14-5-6-15(28-2)16(11-14)29-3/h4-8,11,17,19,26H,9-10,12H2,1-3H3/t17-,19-/m1/s1. The van der Waals surface area contributed by atoms with Crippen LogP contribution in [0.25, 0.3) is 5.78 Å². The molecule has 1 amide bonds. The molecular weight excluding hydrogens is 388 g/mol. The first-order chi connectivity index (χ1) is 14.6. The molecule has 9 nitrogen and oxygen atoms in total. The maximum Gasteiger partial charge on any atom is 0.273 e. The van der Waals surface area contributed by atoms with Crippen molar-refractivity contribution in [2.24, 2.45) is 0 Å². The first-order valence-corrected chi connectivity index (χ1v) is 9.64. The van der Waals surface area contributed by atoms with E-state index in [0.717, 1.165) is 5.56 Å². The minimum absolute atomic E-state index is 0.200. The van der Waals surface area contributed by atoms with E-state index >= 15 is 0 Å². The van der Waals surface area contributed by atoms with Crippen LogP contribution < -0.4 is 9.47 Å². The molecule has 1 fully saturated rings. The van der Waals surface area contributed by atoms with Gasteiger partial charge in [-0.3, -0.25) is 9.20 Å². The molecule has 0 unspecified atom stereocenters. The number of fused-ring (bicyclic) bond motifs is 1. The Morgan fingerprint density at radius 2 is 2.10 bits per heavy atom. The van der Waals surface area contributed by atoms with E-state index in [-0.39, 0.29) is 12.5 Å². The van der Waals surface area contributed by atoms with Crippen LogP contribution in [-0.4, -0.2) is 70.4 Å². The second-order valence-corrected chi connectivity index (χ2v) is 6.99. The molecule has 3 aromatic rings. The Morgan fingerprint density at radius 1 is 1.30 bits per heavy atom. The smallest absolute Gasteiger partial charge is 0.273 e. The molecule has 2 atom stereocenters. The first kappa shape index (κ1) is 20.1. The minimum atomic E-state index is -0.571. The number of aliphatic hydroxyl groups is 1. The summed E-state index contributed by atoms with van der Waals surface area (Å²) in [6, 6.07) is 6.70. The zero-order valence-electron chi connectivity index (χ0n) is 17.1. The molecule has 1 aliphatic rings. The van der Waals surface area contributed by atoms with Crippen molar-refractivity contribution in [3.8, 4) is 11.5 Å². The van der Waals surface area contributed by atoms with E-state index in [9.17, 15) is 9.90 Å². The predicted molar refractivity (Wildman–Crippen MR) is 108 cm³/mol. The second-order valence-electron chi connectivity index (χ2n) is 6.99. The number of hydrogen-bond donors (Lipinski definition) is 1. The number of benzene rings is 1. The van der Waals surface area contributed by atoms with Crippen molar-refractivity contribution in [2.45, 2.75) is 19.1 Å². The number of nitrogens with zero attached hydrogens (tertiary/aromatic N) is 4. The molecule has 158 valence electrons. The minimum Gasteiger partial charge on any atom is -0.493 e. The van der Waals surface area contributed by atoms with E-state index in [1.54, 1.807) is 55.0 Å². The number of carbonyl (C=O) groups is 1. The van der Waals surface area contributed by atoms with Crippen molar-refractivity contribution < 1.29 is 24.1 Å². The van der Waals surface area contributed by atoms with Crippen LogP contribution in [0.5, 0.6) is 11.5 Å². The van der Waals surface area contributed by atoms with Crippen LogP contribution in [0.4, 0.5) is 0 Å². The Labute approximate surface area is 173 Å². The Morgan fingerprint density at radius 3 is 2.83 bits per heavy atom. The van der Waals surface area contributed by atoms with E-state index in [1.807, 2.05) is 12.1 Å². The van der Waals surface area contributed by atoms with Crippen molar-refractivity contribution in [3.05, 3.63) is 53.6 Å². The molecule has 9 heteroatoms. The lowest BCUT2D eigenvalue weighted by molar-refractivity contribution is -0.0813. The van der Waals surface area contributed by atoms with Gasteiger partial charge in [-0.2, -0.15) is 0 Å². The Balaban J connectivity index is 1.79. The van der Waals surface area contributed by atoms with E-state index in [2.05, 4.69) is 9.97 Å². The largest absolute Gasteiger partial charge is 0.493 e. The number of imidazole rings is 1. The Kier molecular flexibility index (Phi) is 5.56. The average molecular weight is 412 g/mol. The van der Waals surface area contributed by atoms with Crippen LogP contribution in [0.15, 0.2) is 36.7 Å². The highest BCUT2D eigenvalue weighted by Crippen LogP contribution is 2.36. The molecule has 0 aliphatic carbocycles. The summed E-state index contributed by atoms with van der Waals surface area (Å²) in [5.74, 6) is 1.39. The van der Waals surface area contributed by atoms with Crippen molar-refractivity contribution in [2.75, 3.05) is 34.0 Å². The second kappa shape index (κ2) is 8.29. The fraction of sp³-hybridized carbons (Fsp3) is 0.381. The summed E-state index contributed by atoms with van der Waals surface area (Å²) in [5.41, 5.74) is 1.82. The summed E-state index contributed by atoms with van der Waals surface area (Å²) in [4.78, 5) is 24.0. The lowest BCUT2D eigenvalue weighted by atomic mass is 9.97. The van der Waals surface area contributed by atoms with Gasteiger partial charge in [-0.1, -0.05) is 6.07 Å². The number of morpholine rings is 1. The normalized spacial score (nSPS) is 19.1. The van der Waals surface area contributed by atoms with Crippen LogP contribution in [-0.2, 0) is 4.74 Å². The third kappa shape index (κ3) is 3.35. The summed E-state index contributed by atoms with van der Waals surface area (Å²) in [5, 5.41) is 9.96. The molecule has 4 rings (SSSR count). The highest BCUT2D eigenvalue weighted by molar-refractivity contribution is 5.95. The molecule has 1 N–H and O–H groups in total. The summed E-state index contributed by atoms with van der Waals surface area (Å²) >= 11 is 0. The lowest BCUT2D eigenvalue weighted by Gasteiger charge is -2.41. The highest BCUT2D eigenvalue weighted by Gasteiger charge is 2.38. The quantitative estimate of drug-likeness (QED) is 0.680.